The minimum Gasteiger partial charge on any atom is -0.393 e. The number of aliphatic hydroxyl groups is 1. The molecule has 1 amide bonds. The molecule has 4 nitrogen and oxygen atoms in total. The molecule has 1 rings (SSSR count). The van der Waals surface area contributed by atoms with Crippen LogP contribution in [0.4, 0.5) is 0 Å². The summed E-state index contributed by atoms with van der Waals surface area (Å²) in [6.07, 6.45) is 4.86. The van der Waals surface area contributed by atoms with Crippen LogP contribution in [-0.4, -0.2) is 28.6 Å². The van der Waals surface area contributed by atoms with Crippen LogP contribution < -0.4 is 5.32 Å². The normalized spacial score (nSPS) is 12.9. The SMILES string of the molecule is CC(C)C(O)CCNC(=O)/C=C/c1ccnc(Cl)c1. The molecule has 0 bridgehead atoms. The molecule has 0 aromatic carbocycles. The lowest BCUT2D eigenvalue weighted by atomic mass is 10.0. The highest BCUT2D eigenvalue weighted by Gasteiger charge is 2.08. The third-order valence-electron chi connectivity index (χ3n) is 2.69. The molecular weight excluding hydrogens is 264 g/mol. The van der Waals surface area contributed by atoms with Gasteiger partial charge in [0.05, 0.1) is 6.10 Å². The molecule has 0 radical (unpaired) electrons. The van der Waals surface area contributed by atoms with Crippen molar-refractivity contribution >= 4 is 23.6 Å². The van der Waals surface area contributed by atoms with Crippen LogP contribution in [0.2, 0.25) is 5.15 Å². The maximum atomic E-state index is 11.5. The predicted octanol–water partition coefficient (Wildman–Crippen LogP) is 2.27. The number of hydrogen-bond donors (Lipinski definition) is 2. The van der Waals surface area contributed by atoms with Crippen LogP contribution in [0.3, 0.4) is 0 Å². The molecule has 0 saturated carbocycles. The maximum Gasteiger partial charge on any atom is 0.244 e. The molecule has 0 saturated heterocycles. The number of amides is 1. The van der Waals surface area contributed by atoms with Gasteiger partial charge in [-0.2, -0.15) is 0 Å². The van der Waals surface area contributed by atoms with E-state index in [0.717, 1.165) is 5.56 Å². The molecule has 1 atom stereocenters. The maximum absolute atomic E-state index is 11.5. The summed E-state index contributed by atoms with van der Waals surface area (Å²) in [6.45, 7) is 4.35. The molecule has 1 aromatic heterocycles. The summed E-state index contributed by atoms with van der Waals surface area (Å²) >= 11 is 5.73. The Morgan fingerprint density at radius 2 is 2.32 bits per heavy atom. The van der Waals surface area contributed by atoms with E-state index < -0.39 is 0 Å². The largest absolute Gasteiger partial charge is 0.393 e. The quantitative estimate of drug-likeness (QED) is 0.621. The zero-order valence-corrected chi connectivity index (χ0v) is 11.9. The van der Waals surface area contributed by atoms with Crippen LogP contribution in [0.25, 0.3) is 6.08 Å². The fourth-order valence-electron chi connectivity index (χ4n) is 1.43. The molecule has 1 unspecified atom stereocenters. The van der Waals surface area contributed by atoms with Crippen LogP contribution in [0.1, 0.15) is 25.8 Å². The lowest BCUT2D eigenvalue weighted by Gasteiger charge is -2.13. The smallest absolute Gasteiger partial charge is 0.244 e. The van der Waals surface area contributed by atoms with E-state index in [2.05, 4.69) is 10.3 Å². The monoisotopic (exact) mass is 282 g/mol. The van der Waals surface area contributed by atoms with Gasteiger partial charge in [0.1, 0.15) is 5.15 Å². The van der Waals surface area contributed by atoms with Crippen molar-refractivity contribution in [1.82, 2.24) is 10.3 Å². The Morgan fingerprint density at radius 3 is 2.95 bits per heavy atom. The number of carbonyl (C=O) groups is 1. The van der Waals surface area contributed by atoms with Crippen LogP contribution in [0.15, 0.2) is 24.4 Å². The highest BCUT2D eigenvalue weighted by Crippen LogP contribution is 2.08. The molecule has 0 aliphatic heterocycles. The number of hydrogen-bond acceptors (Lipinski definition) is 3. The van der Waals surface area contributed by atoms with Crippen molar-refractivity contribution in [3.8, 4) is 0 Å². The Bertz CT molecular complexity index is 447. The van der Waals surface area contributed by atoms with E-state index in [1.54, 1.807) is 24.4 Å². The molecule has 5 heteroatoms. The summed E-state index contributed by atoms with van der Waals surface area (Å²) in [5.74, 6) is 0.00953. The number of aromatic nitrogens is 1. The van der Waals surface area contributed by atoms with Gasteiger partial charge in [-0.3, -0.25) is 4.79 Å². The third kappa shape index (κ3) is 6.36. The van der Waals surface area contributed by atoms with Gasteiger partial charge in [0.2, 0.25) is 5.91 Å². The van der Waals surface area contributed by atoms with Gasteiger partial charge in [-0.05, 0) is 36.1 Å². The van der Waals surface area contributed by atoms with E-state index in [-0.39, 0.29) is 17.9 Å². The molecular formula is C14H19ClN2O2. The van der Waals surface area contributed by atoms with E-state index in [1.165, 1.54) is 6.08 Å². The first-order valence-electron chi connectivity index (χ1n) is 6.24. The number of pyridine rings is 1. The third-order valence-corrected chi connectivity index (χ3v) is 2.89. The number of carbonyl (C=O) groups excluding carboxylic acids is 1. The van der Waals surface area contributed by atoms with Gasteiger partial charge in [-0.1, -0.05) is 25.4 Å². The Balaban J connectivity index is 2.35. The minimum absolute atomic E-state index is 0.191. The number of halogens is 1. The summed E-state index contributed by atoms with van der Waals surface area (Å²) in [4.78, 5) is 15.4. The molecule has 1 aromatic rings. The van der Waals surface area contributed by atoms with Crippen molar-refractivity contribution in [3.05, 3.63) is 35.1 Å². The first kappa shape index (κ1) is 15.7. The second-order valence-corrected chi connectivity index (χ2v) is 5.02. The topological polar surface area (TPSA) is 62.2 Å². The summed E-state index contributed by atoms with van der Waals surface area (Å²) in [6, 6.07) is 3.44. The highest BCUT2D eigenvalue weighted by atomic mass is 35.5. The first-order chi connectivity index (χ1) is 8.99. The second kappa shape index (κ2) is 7.92. The second-order valence-electron chi connectivity index (χ2n) is 4.64. The lowest BCUT2D eigenvalue weighted by Crippen LogP contribution is -2.27. The van der Waals surface area contributed by atoms with E-state index in [1.807, 2.05) is 13.8 Å². The number of nitrogens with zero attached hydrogens (tertiary/aromatic N) is 1. The van der Waals surface area contributed by atoms with Gasteiger partial charge in [0, 0.05) is 18.8 Å². The molecule has 0 aliphatic carbocycles. The number of aliphatic hydroxyl groups excluding tert-OH is 1. The molecule has 0 spiro atoms. The van der Waals surface area contributed by atoms with Gasteiger partial charge in [-0.25, -0.2) is 4.98 Å². The van der Waals surface area contributed by atoms with Gasteiger partial charge in [0.25, 0.3) is 0 Å². The van der Waals surface area contributed by atoms with Crippen molar-refractivity contribution in [3.63, 3.8) is 0 Å². The summed E-state index contributed by atoms with van der Waals surface area (Å²) in [7, 11) is 0. The van der Waals surface area contributed by atoms with Crippen LogP contribution >= 0.6 is 11.6 Å². The Morgan fingerprint density at radius 1 is 1.58 bits per heavy atom. The van der Waals surface area contributed by atoms with Crippen LogP contribution in [-0.2, 0) is 4.79 Å². The zero-order chi connectivity index (χ0) is 14.3. The van der Waals surface area contributed by atoms with Crippen LogP contribution in [0.5, 0.6) is 0 Å². The van der Waals surface area contributed by atoms with E-state index in [4.69, 9.17) is 11.6 Å². The van der Waals surface area contributed by atoms with E-state index in [9.17, 15) is 9.90 Å². The highest BCUT2D eigenvalue weighted by molar-refractivity contribution is 6.29. The van der Waals surface area contributed by atoms with Gasteiger partial charge in [-0.15, -0.1) is 0 Å². The van der Waals surface area contributed by atoms with Crippen LogP contribution in [0, 0.1) is 5.92 Å². The van der Waals surface area contributed by atoms with Gasteiger partial charge in [0.15, 0.2) is 0 Å². The summed E-state index contributed by atoms with van der Waals surface area (Å²) in [5.41, 5.74) is 0.817. The zero-order valence-electron chi connectivity index (χ0n) is 11.1. The predicted molar refractivity (Wildman–Crippen MR) is 76.8 cm³/mol. The fourth-order valence-corrected chi connectivity index (χ4v) is 1.61. The number of rotatable bonds is 6. The summed E-state index contributed by atoms with van der Waals surface area (Å²) < 4.78 is 0. The van der Waals surface area contributed by atoms with Gasteiger partial charge >= 0.3 is 0 Å². The van der Waals surface area contributed by atoms with Crippen molar-refractivity contribution in [1.29, 1.82) is 0 Å². The minimum atomic E-state index is -0.386. The van der Waals surface area contributed by atoms with Crippen molar-refractivity contribution in [2.75, 3.05) is 6.54 Å². The molecule has 104 valence electrons. The van der Waals surface area contributed by atoms with Crippen molar-refractivity contribution in [2.24, 2.45) is 5.92 Å². The molecule has 1 heterocycles. The fraction of sp³-hybridized carbons (Fsp3) is 0.429. The molecule has 2 N–H and O–H groups in total. The Labute approximate surface area is 118 Å². The van der Waals surface area contributed by atoms with E-state index >= 15 is 0 Å². The molecule has 19 heavy (non-hydrogen) atoms. The van der Waals surface area contributed by atoms with Crippen molar-refractivity contribution < 1.29 is 9.90 Å². The lowest BCUT2D eigenvalue weighted by molar-refractivity contribution is -0.116. The van der Waals surface area contributed by atoms with Crippen molar-refractivity contribution in [2.45, 2.75) is 26.4 Å². The molecule has 0 aliphatic rings. The Hall–Kier alpha value is -1.39. The first-order valence-corrected chi connectivity index (χ1v) is 6.62. The molecule has 0 fully saturated rings. The van der Waals surface area contributed by atoms with Gasteiger partial charge < -0.3 is 10.4 Å². The number of nitrogens with one attached hydrogen (secondary N) is 1. The summed E-state index contributed by atoms with van der Waals surface area (Å²) in [5, 5.41) is 12.7. The Kier molecular flexibility index (Phi) is 6.53. The average Bonchev–Trinajstić information content (AvgIpc) is 2.36. The van der Waals surface area contributed by atoms with E-state index in [0.29, 0.717) is 18.1 Å². The average molecular weight is 283 g/mol. The standard InChI is InChI=1S/C14H19ClN2O2/c1-10(2)12(18)6-8-17-14(19)4-3-11-5-7-16-13(15)9-11/h3-5,7,9-10,12,18H,6,8H2,1-2H3,(H,17,19)/b4-3+.